The average molecular weight is 673 g/mol. The van der Waals surface area contributed by atoms with Gasteiger partial charge in [-0.1, -0.05) is 44.2 Å². The maximum absolute atomic E-state index is 13.5. The zero-order valence-corrected chi connectivity index (χ0v) is 28.9. The number of anilines is 3. The van der Waals surface area contributed by atoms with Gasteiger partial charge >= 0.3 is 6.09 Å². The molecule has 0 radical (unpaired) electrons. The van der Waals surface area contributed by atoms with E-state index in [0.717, 1.165) is 76.5 Å². The lowest BCUT2D eigenvalue weighted by atomic mass is 10.0. The van der Waals surface area contributed by atoms with Crippen molar-refractivity contribution in [2.45, 2.75) is 58.0 Å². The number of aromatic nitrogens is 4. The Balaban J connectivity index is 1.06. The van der Waals surface area contributed by atoms with Gasteiger partial charge in [0.15, 0.2) is 0 Å². The molecule has 3 N–H and O–H groups in total. The standard InChI is InChI=1S/C39H44N8O3/c1-25(2)35(45-39(49)50-3)38(48)47-21-7-8-34(47)37-40-23-33(44-37)27-11-9-26(10-12-27)28-13-18-32-31(22-28)36(42-24-41-32)43-29-14-16-30(17-15-29)46-19-5-4-6-20-46/h9-18,22-25,34-35H,4-8,19-21H2,1-3H3,(H,40,44)(H,45,49)(H,41,42,43)/t34-,35+/m0/s1. The summed E-state index contributed by atoms with van der Waals surface area (Å²) in [7, 11) is 1.30. The molecule has 2 fully saturated rings. The Hall–Kier alpha value is -5.45. The van der Waals surface area contributed by atoms with Gasteiger partial charge in [-0.3, -0.25) is 4.79 Å². The minimum atomic E-state index is -0.672. The topological polar surface area (TPSA) is 128 Å². The molecule has 7 rings (SSSR count). The van der Waals surface area contributed by atoms with Crippen LogP contribution in [0.4, 0.5) is 22.0 Å². The summed E-state index contributed by atoms with van der Waals surface area (Å²) >= 11 is 0. The quantitative estimate of drug-likeness (QED) is 0.147. The minimum Gasteiger partial charge on any atom is -0.453 e. The minimum absolute atomic E-state index is 0.0897. The number of carbonyl (C=O) groups excluding carboxylic acids is 2. The molecule has 0 unspecified atom stereocenters. The van der Waals surface area contributed by atoms with E-state index < -0.39 is 12.1 Å². The van der Waals surface area contributed by atoms with Crippen molar-refractivity contribution in [2.75, 3.05) is 37.0 Å². The summed E-state index contributed by atoms with van der Waals surface area (Å²) in [4.78, 5) is 47.0. The first-order valence-corrected chi connectivity index (χ1v) is 17.6. The number of methoxy groups -OCH3 is 1. The van der Waals surface area contributed by atoms with Crippen LogP contribution in [0.15, 0.2) is 79.3 Å². The second kappa shape index (κ2) is 14.6. The van der Waals surface area contributed by atoms with Crippen LogP contribution < -0.4 is 15.5 Å². The third-order valence-electron chi connectivity index (χ3n) is 9.85. The van der Waals surface area contributed by atoms with Crippen molar-refractivity contribution in [3.8, 4) is 22.4 Å². The summed E-state index contributed by atoms with van der Waals surface area (Å²) in [6.07, 6.45) is 8.30. The molecule has 0 bridgehead atoms. The number of benzene rings is 3. The summed E-state index contributed by atoms with van der Waals surface area (Å²) in [5.41, 5.74) is 7.13. The molecule has 5 aromatic rings. The Morgan fingerprint density at radius 1 is 0.860 bits per heavy atom. The Kier molecular flexibility index (Phi) is 9.64. The first-order valence-electron chi connectivity index (χ1n) is 17.6. The van der Waals surface area contributed by atoms with Crippen molar-refractivity contribution >= 4 is 40.1 Å². The fourth-order valence-corrected chi connectivity index (χ4v) is 7.07. The molecule has 0 spiro atoms. The van der Waals surface area contributed by atoms with Crippen LogP contribution >= 0.6 is 0 Å². The molecule has 50 heavy (non-hydrogen) atoms. The summed E-state index contributed by atoms with van der Waals surface area (Å²) in [5.74, 6) is 1.30. The molecule has 2 saturated heterocycles. The van der Waals surface area contributed by atoms with E-state index in [4.69, 9.17) is 9.72 Å². The summed E-state index contributed by atoms with van der Waals surface area (Å²) in [5, 5.41) is 7.17. The van der Waals surface area contributed by atoms with Crippen molar-refractivity contribution in [1.29, 1.82) is 0 Å². The highest BCUT2D eigenvalue weighted by Crippen LogP contribution is 2.34. The van der Waals surface area contributed by atoms with Crippen molar-refractivity contribution in [2.24, 2.45) is 5.92 Å². The summed E-state index contributed by atoms with van der Waals surface area (Å²) in [6.45, 7) is 6.68. The highest BCUT2D eigenvalue weighted by molar-refractivity contribution is 5.94. The molecule has 0 saturated carbocycles. The first kappa shape index (κ1) is 33.1. The van der Waals surface area contributed by atoms with Crippen LogP contribution in [0.25, 0.3) is 33.3 Å². The SMILES string of the molecule is COC(=O)N[C@@H](C(=O)N1CCC[C@H]1c1ncc(-c2ccc(-c3ccc4ncnc(Nc5ccc(N6CCCCC6)cc5)c4c3)cc2)[nH]1)C(C)C. The summed E-state index contributed by atoms with van der Waals surface area (Å²) < 4.78 is 4.76. The molecule has 2 aliphatic rings. The number of carbonyl (C=O) groups is 2. The van der Waals surface area contributed by atoms with Crippen LogP contribution in [0.1, 0.15) is 57.8 Å². The third-order valence-corrected chi connectivity index (χ3v) is 9.85. The average Bonchev–Trinajstić information content (AvgIpc) is 3.85. The van der Waals surface area contributed by atoms with Crippen molar-refractivity contribution < 1.29 is 14.3 Å². The number of rotatable bonds is 9. The lowest BCUT2D eigenvalue weighted by Gasteiger charge is -2.30. The molecule has 2 aliphatic heterocycles. The van der Waals surface area contributed by atoms with Crippen molar-refractivity contribution in [3.05, 3.63) is 85.1 Å². The lowest BCUT2D eigenvalue weighted by molar-refractivity contribution is -0.135. The van der Waals surface area contributed by atoms with Gasteiger partial charge in [-0.25, -0.2) is 19.7 Å². The van der Waals surface area contributed by atoms with Gasteiger partial charge in [0, 0.05) is 36.4 Å². The maximum atomic E-state index is 13.5. The highest BCUT2D eigenvalue weighted by Gasteiger charge is 2.37. The number of amides is 2. The van der Waals surface area contributed by atoms with Crippen LogP contribution in [0.2, 0.25) is 0 Å². The number of piperidine rings is 1. The summed E-state index contributed by atoms with van der Waals surface area (Å²) in [6, 6.07) is 22.4. The first-order chi connectivity index (χ1) is 24.4. The number of H-pyrrole nitrogens is 1. The molecule has 2 amide bonds. The van der Waals surface area contributed by atoms with Gasteiger partial charge in [0.25, 0.3) is 0 Å². The molecule has 4 heterocycles. The van der Waals surface area contributed by atoms with Gasteiger partial charge < -0.3 is 30.2 Å². The molecule has 2 atom stereocenters. The van der Waals surface area contributed by atoms with E-state index >= 15 is 0 Å². The van der Waals surface area contributed by atoms with Crippen LogP contribution in [-0.4, -0.2) is 69.6 Å². The van der Waals surface area contributed by atoms with E-state index in [9.17, 15) is 9.59 Å². The smallest absolute Gasteiger partial charge is 0.407 e. The van der Waals surface area contributed by atoms with E-state index in [1.807, 2.05) is 31.0 Å². The maximum Gasteiger partial charge on any atom is 0.407 e. The number of hydrogen-bond acceptors (Lipinski definition) is 8. The molecule has 11 heteroatoms. The Morgan fingerprint density at radius 3 is 2.34 bits per heavy atom. The monoisotopic (exact) mass is 672 g/mol. The second-order valence-electron chi connectivity index (χ2n) is 13.5. The number of nitrogens with zero attached hydrogens (tertiary/aromatic N) is 5. The van der Waals surface area contributed by atoms with Gasteiger partial charge in [-0.2, -0.15) is 0 Å². The number of nitrogens with one attached hydrogen (secondary N) is 3. The predicted octanol–water partition coefficient (Wildman–Crippen LogP) is 7.46. The largest absolute Gasteiger partial charge is 0.453 e. The molecule has 258 valence electrons. The Labute approximate surface area is 292 Å². The zero-order valence-electron chi connectivity index (χ0n) is 28.9. The van der Waals surface area contributed by atoms with Crippen molar-refractivity contribution in [3.63, 3.8) is 0 Å². The van der Waals surface area contributed by atoms with Gasteiger partial charge in [0.2, 0.25) is 5.91 Å². The van der Waals surface area contributed by atoms with Gasteiger partial charge in [-0.05, 0) is 91.1 Å². The number of fused-ring (bicyclic) bond motifs is 1. The number of hydrogen-bond donors (Lipinski definition) is 3. The number of aromatic amines is 1. The van der Waals surface area contributed by atoms with Crippen LogP contribution in [0.3, 0.4) is 0 Å². The predicted molar refractivity (Wildman–Crippen MR) is 196 cm³/mol. The van der Waals surface area contributed by atoms with E-state index in [2.05, 4.69) is 91.1 Å². The number of ether oxygens (including phenoxy) is 1. The molecule has 2 aromatic heterocycles. The zero-order chi connectivity index (χ0) is 34.6. The van der Waals surface area contributed by atoms with E-state index in [-0.39, 0.29) is 17.9 Å². The fraction of sp³-hybridized carbons (Fsp3) is 0.359. The fourth-order valence-electron chi connectivity index (χ4n) is 7.07. The molecular formula is C39H44N8O3. The number of imidazole rings is 1. The van der Waals surface area contributed by atoms with Gasteiger partial charge in [0.1, 0.15) is 24.0 Å². The molecular weight excluding hydrogens is 628 g/mol. The van der Waals surface area contributed by atoms with Crippen LogP contribution in [0, 0.1) is 5.92 Å². The Bertz CT molecular complexity index is 1950. The van der Waals surface area contributed by atoms with Crippen LogP contribution in [-0.2, 0) is 9.53 Å². The Morgan fingerprint density at radius 2 is 1.60 bits per heavy atom. The van der Waals surface area contributed by atoms with Crippen molar-refractivity contribution in [1.82, 2.24) is 30.2 Å². The number of likely N-dealkylation sites (tertiary alicyclic amines) is 1. The van der Waals surface area contributed by atoms with Crippen LogP contribution in [0.5, 0.6) is 0 Å². The second-order valence-corrected chi connectivity index (χ2v) is 13.5. The van der Waals surface area contributed by atoms with E-state index in [1.54, 1.807) is 6.33 Å². The van der Waals surface area contributed by atoms with Gasteiger partial charge in [-0.15, -0.1) is 0 Å². The normalized spacial score (nSPS) is 16.8. The molecule has 11 nitrogen and oxygen atoms in total. The van der Waals surface area contributed by atoms with E-state index in [1.165, 1.54) is 32.1 Å². The van der Waals surface area contributed by atoms with Gasteiger partial charge in [0.05, 0.1) is 30.6 Å². The lowest BCUT2D eigenvalue weighted by Crippen LogP contribution is -2.51. The highest BCUT2D eigenvalue weighted by atomic mass is 16.5. The molecule has 0 aliphatic carbocycles. The molecule has 3 aromatic carbocycles. The van der Waals surface area contributed by atoms with E-state index in [0.29, 0.717) is 6.54 Å². The third kappa shape index (κ3) is 6.99. The number of alkyl carbamates (subject to hydrolysis) is 1.